The molecule has 3 N–H and O–H groups in total. The first-order valence-corrected chi connectivity index (χ1v) is 8.15. The van der Waals surface area contributed by atoms with Crippen molar-refractivity contribution in [3.8, 4) is 0 Å². The van der Waals surface area contributed by atoms with Gasteiger partial charge in [0.1, 0.15) is 4.64 Å². The number of H-pyrrole nitrogens is 1. The van der Waals surface area contributed by atoms with Crippen molar-refractivity contribution >= 4 is 18.1 Å². The summed E-state index contributed by atoms with van der Waals surface area (Å²) in [5, 5.41) is 9.53. The summed E-state index contributed by atoms with van der Waals surface area (Å²) < 4.78 is 2.76. The number of nitrogens with zero attached hydrogens (tertiary/aromatic N) is 3. The molecule has 3 rings (SSSR count). The second kappa shape index (κ2) is 6.55. The van der Waals surface area contributed by atoms with E-state index in [-0.39, 0.29) is 0 Å². The monoisotopic (exact) mass is 330 g/mol. The summed E-state index contributed by atoms with van der Waals surface area (Å²) in [5.41, 5.74) is 9.27. The fourth-order valence-electron chi connectivity index (χ4n) is 2.63. The molecule has 0 bridgehead atoms. The molecular weight excluding hydrogens is 308 g/mol. The van der Waals surface area contributed by atoms with Crippen LogP contribution in [0, 0.1) is 17.5 Å². The Balaban J connectivity index is 1.82. The van der Waals surface area contributed by atoms with Gasteiger partial charge >= 0.3 is 0 Å². The van der Waals surface area contributed by atoms with Crippen LogP contribution in [0.25, 0.3) is 0 Å². The Morgan fingerprint density at radius 2 is 2.13 bits per heavy atom. The lowest BCUT2D eigenvalue weighted by Crippen LogP contribution is -2.40. The van der Waals surface area contributed by atoms with E-state index in [1.807, 2.05) is 15.9 Å². The smallest absolute Gasteiger partial charge is 0.177 e. The van der Waals surface area contributed by atoms with E-state index in [1.165, 1.54) is 11.1 Å². The molecular formula is C16H22N6S. The van der Waals surface area contributed by atoms with Gasteiger partial charge in [-0.2, -0.15) is 0 Å². The van der Waals surface area contributed by atoms with Crippen LogP contribution in [0.3, 0.4) is 0 Å². The Bertz CT molecular complexity index is 773. The van der Waals surface area contributed by atoms with Crippen LogP contribution in [0.15, 0.2) is 35.6 Å². The normalized spacial score (nSPS) is 14.3. The number of nitrogens with one attached hydrogen (secondary N) is 3. The van der Waals surface area contributed by atoms with Gasteiger partial charge in [0.15, 0.2) is 5.84 Å². The maximum atomic E-state index is 5.59. The average molecular weight is 330 g/mol. The van der Waals surface area contributed by atoms with E-state index in [9.17, 15) is 0 Å². The molecule has 1 aromatic heterocycles. The van der Waals surface area contributed by atoms with E-state index in [0.717, 1.165) is 22.6 Å². The third-order valence-corrected chi connectivity index (χ3v) is 4.09. The number of hydrazone groups is 1. The molecule has 0 radical (unpaired) electrons. The van der Waals surface area contributed by atoms with Crippen molar-refractivity contribution < 1.29 is 0 Å². The number of benzene rings is 1. The Labute approximate surface area is 141 Å². The third kappa shape index (κ3) is 3.46. The summed E-state index contributed by atoms with van der Waals surface area (Å²) in [6.07, 6.45) is 1.92. The standard InChI is InChI=1S/C16H22N6S/c1-11(2)9-22-16(23)14(8-17-22)15-18-19-20-21(15)10-13-6-4-5-12(3)7-13/h4-8,11,17,19-20H,9-10H2,1-3H3. The highest BCUT2D eigenvalue weighted by Crippen LogP contribution is 2.14. The van der Waals surface area contributed by atoms with E-state index in [4.69, 9.17) is 12.2 Å². The van der Waals surface area contributed by atoms with Crippen molar-refractivity contribution in [2.24, 2.45) is 11.0 Å². The molecule has 122 valence electrons. The van der Waals surface area contributed by atoms with Gasteiger partial charge < -0.3 is 5.10 Å². The third-order valence-electron chi connectivity index (χ3n) is 3.65. The zero-order chi connectivity index (χ0) is 16.4. The highest BCUT2D eigenvalue weighted by atomic mass is 32.1. The van der Waals surface area contributed by atoms with Crippen LogP contribution < -0.4 is 11.1 Å². The molecule has 1 aromatic carbocycles. The molecule has 0 fully saturated rings. The summed E-state index contributed by atoms with van der Waals surface area (Å²) in [5.74, 6) is 1.33. The number of rotatable bonds is 5. The number of aryl methyl sites for hydroxylation is 1. The average Bonchev–Trinajstić information content (AvgIpc) is 3.06. The van der Waals surface area contributed by atoms with E-state index >= 15 is 0 Å². The predicted molar refractivity (Wildman–Crippen MR) is 94.0 cm³/mol. The zero-order valence-corrected chi connectivity index (χ0v) is 14.4. The van der Waals surface area contributed by atoms with E-state index in [2.05, 4.69) is 66.3 Å². The lowest BCUT2D eigenvalue weighted by atomic mass is 10.1. The first-order chi connectivity index (χ1) is 11.0. The summed E-state index contributed by atoms with van der Waals surface area (Å²) in [6, 6.07) is 8.43. The molecule has 0 amide bonds. The Kier molecular flexibility index (Phi) is 4.49. The Morgan fingerprint density at radius 3 is 2.87 bits per heavy atom. The molecule has 0 atom stereocenters. The van der Waals surface area contributed by atoms with Crippen molar-refractivity contribution in [1.82, 2.24) is 25.9 Å². The van der Waals surface area contributed by atoms with Gasteiger partial charge in [-0.1, -0.05) is 55.9 Å². The van der Waals surface area contributed by atoms with Crippen LogP contribution in [0.4, 0.5) is 0 Å². The first kappa shape index (κ1) is 15.8. The van der Waals surface area contributed by atoms with Gasteiger partial charge in [-0.15, -0.1) is 10.6 Å². The molecule has 6 nitrogen and oxygen atoms in total. The van der Waals surface area contributed by atoms with Crippen molar-refractivity contribution in [3.05, 3.63) is 51.8 Å². The van der Waals surface area contributed by atoms with E-state index in [0.29, 0.717) is 12.5 Å². The minimum Gasteiger partial charge on any atom is -0.304 e. The van der Waals surface area contributed by atoms with Crippen LogP contribution in [0.2, 0.25) is 0 Å². The molecule has 0 saturated heterocycles. The SMILES string of the molecule is Cc1cccc(CN2NNN=C2c2c[nH]n(CC(C)C)c2=S)c1. The van der Waals surface area contributed by atoms with Gasteiger partial charge in [0, 0.05) is 12.7 Å². The first-order valence-electron chi connectivity index (χ1n) is 7.74. The molecule has 0 aliphatic carbocycles. The maximum absolute atomic E-state index is 5.59. The maximum Gasteiger partial charge on any atom is 0.177 e. The Morgan fingerprint density at radius 1 is 1.30 bits per heavy atom. The minimum absolute atomic E-state index is 0.526. The number of hydrogen-bond acceptors (Lipinski definition) is 5. The van der Waals surface area contributed by atoms with E-state index < -0.39 is 0 Å². The molecule has 0 spiro atoms. The molecule has 0 saturated carbocycles. The second-order valence-corrected chi connectivity index (χ2v) is 6.62. The van der Waals surface area contributed by atoms with Crippen molar-refractivity contribution in [1.29, 1.82) is 0 Å². The fourth-order valence-corrected chi connectivity index (χ4v) is 2.91. The largest absolute Gasteiger partial charge is 0.304 e. The number of aromatic amines is 1. The molecule has 2 aromatic rings. The fraction of sp³-hybridized carbons (Fsp3) is 0.375. The topological polar surface area (TPSA) is 60.4 Å². The van der Waals surface area contributed by atoms with Crippen molar-refractivity contribution in [3.63, 3.8) is 0 Å². The molecule has 7 heteroatoms. The highest BCUT2D eigenvalue weighted by molar-refractivity contribution is 7.71. The van der Waals surface area contributed by atoms with Gasteiger partial charge in [0.2, 0.25) is 0 Å². The lowest BCUT2D eigenvalue weighted by molar-refractivity contribution is 0.288. The van der Waals surface area contributed by atoms with Crippen LogP contribution in [0.5, 0.6) is 0 Å². The number of aromatic nitrogens is 2. The van der Waals surface area contributed by atoms with Gasteiger partial charge in [-0.05, 0) is 18.4 Å². The molecule has 2 heterocycles. The highest BCUT2D eigenvalue weighted by Gasteiger charge is 2.22. The van der Waals surface area contributed by atoms with Crippen LogP contribution in [-0.2, 0) is 13.1 Å². The van der Waals surface area contributed by atoms with Crippen molar-refractivity contribution in [2.75, 3.05) is 0 Å². The number of amidine groups is 1. The molecule has 0 unspecified atom stereocenters. The number of hydrogen-bond donors (Lipinski definition) is 3. The zero-order valence-electron chi connectivity index (χ0n) is 13.6. The molecule has 1 aliphatic heterocycles. The quantitative estimate of drug-likeness (QED) is 0.738. The predicted octanol–water partition coefficient (Wildman–Crippen LogP) is 2.70. The van der Waals surface area contributed by atoms with Gasteiger partial charge in [-0.3, -0.25) is 9.69 Å². The van der Waals surface area contributed by atoms with Crippen LogP contribution >= 0.6 is 12.2 Å². The molecule has 1 aliphatic rings. The summed E-state index contributed by atoms with van der Waals surface area (Å²) in [6.45, 7) is 8.00. The van der Waals surface area contributed by atoms with Crippen LogP contribution in [-0.4, -0.2) is 20.6 Å². The lowest BCUT2D eigenvalue weighted by Gasteiger charge is -2.18. The van der Waals surface area contributed by atoms with Crippen LogP contribution in [0.1, 0.15) is 30.5 Å². The minimum atomic E-state index is 0.526. The molecule has 23 heavy (non-hydrogen) atoms. The van der Waals surface area contributed by atoms with Gasteiger partial charge in [0.25, 0.3) is 0 Å². The summed E-state index contributed by atoms with van der Waals surface area (Å²) in [7, 11) is 0. The summed E-state index contributed by atoms with van der Waals surface area (Å²) in [4.78, 5) is 0. The van der Waals surface area contributed by atoms with Crippen molar-refractivity contribution in [2.45, 2.75) is 33.9 Å². The Hall–Kier alpha value is -2.12. The summed E-state index contributed by atoms with van der Waals surface area (Å²) >= 11 is 5.59. The second-order valence-electron chi connectivity index (χ2n) is 6.23. The van der Waals surface area contributed by atoms with Gasteiger partial charge in [0.05, 0.1) is 12.1 Å². The number of hydrazine groups is 2. The van der Waals surface area contributed by atoms with E-state index in [1.54, 1.807) is 0 Å². The van der Waals surface area contributed by atoms with Gasteiger partial charge in [-0.25, -0.2) is 5.53 Å².